The Morgan fingerprint density at radius 3 is 2.05 bits per heavy atom. The van der Waals surface area contributed by atoms with Crippen molar-refractivity contribution in [3.8, 4) is 0 Å². The van der Waals surface area contributed by atoms with Crippen molar-refractivity contribution in [1.29, 1.82) is 0 Å². The highest BCUT2D eigenvalue weighted by Gasteiger charge is 2.33. The largest absolute Gasteiger partial charge is 0.328 e. The van der Waals surface area contributed by atoms with E-state index in [4.69, 9.17) is 5.73 Å². The molecule has 0 aliphatic heterocycles. The Morgan fingerprint density at radius 2 is 1.63 bits per heavy atom. The summed E-state index contributed by atoms with van der Waals surface area (Å²) in [6.07, 6.45) is 4.63. The van der Waals surface area contributed by atoms with Crippen LogP contribution in [0.4, 0.5) is 0 Å². The number of sulfonamides is 1. The molecule has 0 radical (unpaired) electrons. The number of rotatable bonds is 6. The standard InChI is InChI=1S/C11H24N2O4S2/c1-3-8-13(11-6-4-10(12)5-7-11)19(16,17)9-18(2,14)15/h10-11H,3-9,12H2,1-2H3. The summed E-state index contributed by atoms with van der Waals surface area (Å²) in [4.78, 5) is 0. The van der Waals surface area contributed by atoms with Crippen LogP contribution in [0.2, 0.25) is 0 Å². The Labute approximate surface area is 116 Å². The van der Waals surface area contributed by atoms with E-state index >= 15 is 0 Å². The van der Waals surface area contributed by atoms with Crippen molar-refractivity contribution in [1.82, 2.24) is 4.31 Å². The van der Waals surface area contributed by atoms with Gasteiger partial charge in [-0.3, -0.25) is 0 Å². The maximum atomic E-state index is 12.2. The molecule has 6 nitrogen and oxygen atoms in total. The molecule has 0 amide bonds. The van der Waals surface area contributed by atoms with Crippen LogP contribution in [-0.2, 0) is 19.9 Å². The van der Waals surface area contributed by atoms with Gasteiger partial charge in [0.2, 0.25) is 10.0 Å². The van der Waals surface area contributed by atoms with E-state index in [2.05, 4.69) is 0 Å². The second kappa shape index (κ2) is 6.51. The van der Waals surface area contributed by atoms with Gasteiger partial charge in [0.25, 0.3) is 0 Å². The van der Waals surface area contributed by atoms with Crippen molar-refractivity contribution >= 4 is 19.9 Å². The van der Waals surface area contributed by atoms with Gasteiger partial charge in [-0.15, -0.1) is 0 Å². The van der Waals surface area contributed by atoms with Crippen LogP contribution >= 0.6 is 0 Å². The number of nitrogens with two attached hydrogens (primary N) is 1. The van der Waals surface area contributed by atoms with Gasteiger partial charge in [-0.25, -0.2) is 16.8 Å². The number of nitrogens with zero attached hydrogens (tertiary/aromatic N) is 1. The Bertz CT molecular complexity index is 479. The highest BCUT2D eigenvalue weighted by atomic mass is 32.3. The van der Waals surface area contributed by atoms with Crippen molar-refractivity contribution in [3.63, 3.8) is 0 Å². The summed E-state index contributed by atoms with van der Waals surface area (Å²) in [5.41, 5.74) is 5.82. The van der Waals surface area contributed by atoms with Crippen LogP contribution < -0.4 is 5.73 Å². The quantitative estimate of drug-likeness (QED) is 0.760. The number of sulfone groups is 1. The van der Waals surface area contributed by atoms with Crippen LogP contribution in [0, 0.1) is 0 Å². The highest BCUT2D eigenvalue weighted by Crippen LogP contribution is 2.25. The lowest BCUT2D eigenvalue weighted by molar-refractivity contribution is 0.241. The minimum absolute atomic E-state index is 0.105. The zero-order chi connectivity index (χ0) is 14.7. The third kappa shape index (κ3) is 5.37. The topological polar surface area (TPSA) is 97.5 Å². The van der Waals surface area contributed by atoms with E-state index in [9.17, 15) is 16.8 Å². The molecule has 1 fully saturated rings. The van der Waals surface area contributed by atoms with Crippen molar-refractivity contribution < 1.29 is 16.8 Å². The second-order valence-electron chi connectivity index (χ2n) is 5.33. The first-order chi connectivity index (χ1) is 8.65. The van der Waals surface area contributed by atoms with Gasteiger partial charge >= 0.3 is 0 Å². The number of hydrogen-bond donors (Lipinski definition) is 1. The molecule has 0 saturated heterocycles. The molecule has 0 spiro atoms. The van der Waals surface area contributed by atoms with Crippen molar-refractivity contribution in [2.24, 2.45) is 5.73 Å². The molecule has 1 saturated carbocycles. The number of hydrogen-bond acceptors (Lipinski definition) is 5. The van der Waals surface area contributed by atoms with E-state index in [0.29, 0.717) is 25.8 Å². The molecule has 114 valence electrons. The van der Waals surface area contributed by atoms with Gasteiger partial charge in [-0.1, -0.05) is 6.92 Å². The molecule has 0 atom stereocenters. The lowest BCUT2D eigenvalue weighted by Gasteiger charge is -2.34. The lowest BCUT2D eigenvalue weighted by atomic mass is 9.92. The molecule has 0 aromatic heterocycles. The molecule has 0 unspecified atom stereocenters. The minimum atomic E-state index is -3.75. The third-order valence-electron chi connectivity index (χ3n) is 3.31. The first-order valence-corrected chi connectivity index (χ1v) is 10.3. The minimum Gasteiger partial charge on any atom is -0.328 e. The second-order valence-corrected chi connectivity index (χ2v) is 9.76. The van der Waals surface area contributed by atoms with Crippen LogP contribution in [0.25, 0.3) is 0 Å². The molecule has 2 N–H and O–H groups in total. The average Bonchev–Trinajstić information content (AvgIpc) is 2.24. The Kier molecular flexibility index (Phi) is 5.78. The average molecular weight is 312 g/mol. The molecular formula is C11H24N2O4S2. The third-order valence-corrected chi connectivity index (χ3v) is 7.41. The van der Waals surface area contributed by atoms with Crippen LogP contribution in [0.3, 0.4) is 0 Å². The van der Waals surface area contributed by atoms with Gasteiger partial charge < -0.3 is 5.73 Å². The summed E-state index contributed by atoms with van der Waals surface area (Å²) in [5, 5.41) is -0.803. The van der Waals surface area contributed by atoms with Gasteiger partial charge in [-0.2, -0.15) is 4.31 Å². The maximum absolute atomic E-state index is 12.2. The van der Waals surface area contributed by atoms with Crippen molar-refractivity contribution in [2.75, 3.05) is 17.9 Å². The fraction of sp³-hybridized carbons (Fsp3) is 1.00. The molecule has 1 aliphatic rings. The van der Waals surface area contributed by atoms with E-state index in [1.807, 2.05) is 6.92 Å². The summed E-state index contributed by atoms with van der Waals surface area (Å²) < 4.78 is 48.4. The molecule has 0 aromatic rings. The summed E-state index contributed by atoms with van der Waals surface area (Å²) >= 11 is 0. The molecule has 1 rings (SSSR count). The molecule has 0 aromatic carbocycles. The summed E-state index contributed by atoms with van der Waals surface area (Å²) in [7, 11) is -7.30. The Hall–Kier alpha value is -0.180. The maximum Gasteiger partial charge on any atom is 0.228 e. The van der Waals surface area contributed by atoms with Crippen LogP contribution in [-0.4, -0.2) is 51.1 Å². The fourth-order valence-corrected chi connectivity index (χ4v) is 6.33. The summed E-state index contributed by atoms with van der Waals surface area (Å²) in [5.74, 6) is 0. The first-order valence-electron chi connectivity index (χ1n) is 6.58. The van der Waals surface area contributed by atoms with Gasteiger partial charge in [-0.05, 0) is 32.1 Å². The van der Waals surface area contributed by atoms with E-state index in [-0.39, 0.29) is 12.1 Å². The van der Waals surface area contributed by atoms with Crippen molar-refractivity contribution in [3.05, 3.63) is 0 Å². The first kappa shape index (κ1) is 16.9. The molecular weight excluding hydrogens is 288 g/mol. The predicted octanol–water partition coefficient (Wildman–Crippen LogP) is 0.300. The SMILES string of the molecule is CCCN(C1CCC(N)CC1)S(=O)(=O)CS(C)(=O)=O. The highest BCUT2D eigenvalue weighted by molar-refractivity contribution is 8.06. The molecule has 0 heterocycles. The summed E-state index contributed by atoms with van der Waals surface area (Å²) in [6, 6.07) is 0.0313. The van der Waals surface area contributed by atoms with E-state index in [1.165, 1.54) is 4.31 Å². The molecule has 0 bridgehead atoms. The van der Waals surface area contributed by atoms with E-state index in [1.54, 1.807) is 0 Å². The van der Waals surface area contributed by atoms with Gasteiger partial charge in [0, 0.05) is 24.9 Å². The van der Waals surface area contributed by atoms with E-state index in [0.717, 1.165) is 19.1 Å². The summed E-state index contributed by atoms with van der Waals surface area (Å²) in [6.45, 7) is 2.26. The molecule has 8 heteroatoms. The van der Waals surface area contributed by atoms with Crippen LogP contribution in [0.5, 0.6) is 0 Å². The fourth-order valence-electron chi connectivity index (χ4n) is 2.50. The lowest BCUT2D eigenvalue weighted by Crippen LogP contribution is -2.46. The Morgan fingerprint density at radius 1 is 1.11 bits per heavy atom. The predicted molar refractivity (Wildman–Crippen MR) is 75.9 cm³/mol. The zero-order valence-corrected chi connectivity index (χ0v) is 13.2. The van der Waals surface area contributed by atoms with Gasteiger partial charge in [0.1, 0.15) is 0 Å². The molecule has 1 aliphatic carbocycles. The zero-order valence-electron chi connectivity index (χ0n) is 11.6. The molecule has 19 heavy (non-hydrogen) atoms. The monoisotopic (exact) mass is 312 g/mol. The van der Waals surface area contributed by atoms with Crippen LogP contribution in [0.1, 0.15) is 39.0 Å². The van der Waals surface area contributed by atoms with E-state index < -0.39 is 24.9 Å². The van der Waals surface area contributed by atoms with Gasteiger partial charge in [0.05, 0.1) is 0 Å². The smallest absolute Gasteiger partial charge is 0.228 e. The normalized spacial score (nSPS) is 25.7. The van der Waals surface area contributed by atoms with Crippen LogP contribution in [0.15, 0.2) is 0 Å². The van der Waals surface area contributed by atoms with Crippen molar-refractivity contribution in [2.45, 2.75) is 51.1 Å². The Balaban J connectivity index is 2.87. The van der Waals surface area contributed by atoms with Gasteiger partial charge in [0.15, 0.2) is 14.9 Å².